The highest BCUT2D eigenvalue weighted by atomic mass is 32.1. The summed E-state index contributed by atoms with van der Waals surface area (Å²) in [6.45, 7) is 5.82. The Hall–Kier alpha value is -3.43. The monoisotopic (exact) mass is 534 g/mol. The molecule has 2 amide bonds. The van der Waals surface area contributed by atoms with Gasteiger partial charge in [0.25, 0.3) is 11.8 Å². The van der Waals surface area contributed by atoms with Crippen molar-refractivity contribution in [1.82, 2.24) is 20.2 Å². The molecule has 38 heavy (non-hydrogen) atoms. The SMILES string of the molecule is CCCCCN(CCOC)C(=O)c1cc2nccc(Oc3ccc4[nH]c(C)c(C(=O)NC5CC5)c4c3)c2s1. The van der Waals surface area contributed by atoms with E-state index in [1.165, 1.54) is 11.3 Å². The summed E-state index contributed by atoms with van der Waals surface area (Å²) in [7, 11) is 1.65. The summed E-state index contributed by atoms with van der Waals surface area (Å²) in [5.74, 6) is 1.18. The van der Waals surface area contributed by atoms with Gasteiger partial charge in [0.05, 0.1) is 27.3 Å². The number of carbonyl (C=O) groups excluding carboxylic acids is 2. The van der Waals surface area contributed by atoms with Crippen LogP contribution in [0.3, 0.4) is 0 Å². The van der Waals surface area contributed by atoms with E-state index in [2.05, 4.69) is 22.2 Å². The van der Waals surface area contributed by atoms with Crippen LogP contribution < -0.4 is 10.1 Å². The van der Waals surface area contributed by atoms with E-state index in [1.54, 1.807) is 13.3 Å². The van der Waals surface area contributed by atoms with Gasteiger partial charge in [-0.25, -0.2) is 0 Å². The molecule has 0 radical (unpaired) electrons. The first-order valence-electron chi connectivity index (χ1n) is 13.3. The lowest BCUT2D eigenvalue weighted by Crippen LogP contribution is -2.34. The minimum Gasteiger partial charge on any atom is -0.456 e. The average molecular weight is 535 g/mol. The van der Waals surface area contributed by atoms with Gasteiger partial charge in [-0.1, -0.05) is 19.8 Å². The molecule has 2 N–H and O–H groups in total. The molecule has 200 valence electrons. The molecule has 0 aliphatic heterocycles. The van der Waals surface area contributed by atoms with Crippen LogP contribution in [0.4, 0.5) is 0 Å². The third kappa shape index (κ3) is 5.68. The zero-order valence-corrected chi connectivity index (χ0v) is 23.0. The van der Waals surface area contributed by atoms with E-state index in [9.17, 15) is 9.59 Å². The number of hydrogen-bond donors (Lipinski definition) is 2. The van der Waals surface area contributed by atoms with Crippen molar-refractivity contribution in [3.63, 3.8) is 0 Å². The van der Waals surface area contributed by atoms with Crippen LogP contribution in [0.1, 0.15) is 64.8 Å². The number of nitrogens with zero attached hydrogens (tertiary/aromatic N) is 2. The van der Waals surface area contributed by atoms with Crippen molar-refractivity contribution in [2.75, 3.05) is 26.8 Å². The number of thiophene rings is 1. The smallest absolute Gasteiger partial charge is 0.264 e. The summed E-state index contributed by atoms with van der Waals surface area (Å²) in [5, 5.41) is 3.91. The van der Waals surface area contributed by atoms with Gasteiger partial charge in [-0.3, -0.25) is 14.6 Å². The molecule has 3 aromatic heterocycles. The normalized spacial score (nSPS) is 13.2. The highest BCUT2D eigenvalue weighted by Crippen LogP contribution is 2.37. The Balaban J connectivity index is 1.41. The fourth-order valence-corrected chi connectivity index (χ4v) is 5.63. The summed E-state index contributed by atoms with van der Waals surface area (Å²) >= 11 is 1.39. The number of amides is 2. The number of aryl methyl sites for hydroxylation is 1. The first kappa shape index (κ1) is 26.2. The number of ether oxygens (including phenoxy) is 2. The highest BCUT2D eigenvalue weighted by Gasteiger charge is 2.26. The second kappa shape index (κ2) is 11.5. The van der Waals surface area contributed by atoms with Crippen LogP contribution in [-0.2, 0) is 4.74 Å². The predicted octanol–water partition coefficient (Wildman–Crippen LogP) is 6.05. The molecule has 1 aromatic carbocycles. The van der Waals surface area contributed by atoms with E-state index in [0.717, 1.165) is 58.9 Å². The Bertz CT molecular complexity index is 1460. The van der Waals surface area contributed by atoms with E-state index < -0.39 is 0 Å². The van der Waals surface area contributed by atoms with Crippen LogP contribution in [0.15, 0.2) is 36.5 Å². The number of aromatic amines is 1. The number of fused-ring (bicyclic) bond motifs is 2. The topological polar surface area (TPSA) is 96.5 Å². The molecule has 0 atom stereocenters. The van der Waals surface area contributed by atoms with Gasteiger partial charge in [0.1, 0.15) is 11.5 Å². The number of hydrogen-bond acceptors (Lipinski definition) is 6. The van der Waals surface area contributed by atoms with Gasteiger partial charge in [-0.2, -0.15) is 0 Å². The number of nitrogens with one attached hydrogen (secondary N) is 2. The molecule has 1 fully saturated rings. The van der Waals surface area contributed by atoms with Crippen LogP contribution in [-0.4, -0.2) is 59.5 Å². The van der Waals surface area contributed by atoms with Crippen LogP contribution >= 0.6 is 11.3 Å². The summed E-state index contributed by atoms with van der Waals surface area (Å²) in [5.41, 5.74) is 3.10. The fraction of sp³-hybridized carbons (Fsp3) is 0.414. The molecule has 9 heteroatoms. The van der Waals surface area contributed by atoms with Gasteiger partial charge in [-0.15, -0.1) is 11.3 Å². The predicted molar refractivity (Wildman–Crippen MR) is 151 cm³/mol. The lowest BCUT2D eigenvalue weighted by molar-refractivity contribution is 0.0696. The largest absolute Gasteiger partial charge is 0.456 e. The minimum absolute atomic E-state index is 0.0114. The van der Waals surface area contributed by atoms with Crippen molar-refractivity contribution in [3.05, 3.63) is 52.7 Å². The van der Waals surface area contributed by atoms with E-state index in [4.69, 9.17) is 9.47 Å². The molecular formula is C29H34N4O4S. The number of H-pyrrole nitrogens is 1. The van der Waals surface area contributed by atoms with Crippen LogP contribution in [0.2, 0.25) is 0 Å². The molecule has 5 rings (SSSR count). The van der Waals surface area contributed by atoms with Crippen molar-refractivity contribution < 1.29 is 19.1 Å². The second-order valence-electron chi connectivity index (χ2n) is 9.81. The number of benzene rings is 1. The van der Waals surface area contributed by atoms with E-state index in [-0.39, 0.29) is 17.9 Å². The summed E-state index contributed by atoms with van der Waals surface area (Å²) in [4.78, 5) is 36.6. The number of unbranched alkanes of at least 4 members (excludes halogenated alkanes) is 2. The molecule has 1 aliphatic carbocycles. The van der Waals surface area contributed by atoms with Gasteiger partial charge < -0.3 is 24.7 Å². The van der Waals surface area contributed by atoms with Crippen molar-refractivity contribution in [2.45, 2.75) is 52.0 Å². The standard InChI is InChI=1S/C29H34N4O4S/c1-4-5-6-13-33(14-15-36-3)29(35)25-17-23-27(38-25)24(11-12-30-23)37-20-9-10-22-21(16-20)26(18(2)31-22)28(34)32-19-7-8-19/h9-12,16-17,19,31H,4-8,13-15H2,1-3H3,(H,32,34). The third-order valence-corrected chi connectivity index (χ3v) is 7.92. The van der Waals surface area contributed by atoms with Gasteiger partial charge in [0.15, 0.2) is 0 Å². The number of aromatic nitrogens is 2. The molecule has 3 heterocycles. The van der Waals surface area contributed by atoms with Crippen molar-refractivity contribution in [1.29, 1.82) is 0 Å². The van der Waals surface area contributed by atoms with Crippen molar-refractivity contribution in [3.8, 4) is 11.5 Å². The first-order chi connectivity index (χ1) is 18.5. The second-order valence-corrected chi connectivity index (χ2v) is 10.9. The number of carbonyl (C=O) groups is 2. The van der Waals surface area contributed by atoms with E-state index in [0.29, 0.717) is 41.6 Å². The maximum atomic E-state index is 13.4. The Labute approximate surface area is 226 Å². The molecule has 1 aliphatic rings. The van der Waals surface area contributed by atoms with E-state index in [1.807, 2.05) is 42.2 Å². The van der Waals surface area contributed by atoms with Crippen molar-refractivity contribution in [2.24, 2.45) is 0 Å². The summed E-state index contributed by atoms with van der Waals surface area (Å²) in [6.07, 6.45) is 6.90. The highest BCUT2D eigenvalue weighted by molar-refractivity contribution is 7.21. The van der Waals surface area contributed by atoms with Crippen LogP contribution in [0.5, 0.6) is 11.5 Å². The summed E-state index contributed by atoms with van der Waals surface area (Å²) < 4.78 is 12.4. The Morgan fingerprint density at radius 2 is 2.03 bits per heavy atom. The Morgan fingerprint density at radius 3 is 2.79 bits per heavy atom. The lowest BCUT2D eigenvalue weighted by atomic mass is 10.1. The molecule has 0 bridgehead atoms. The Morgan fingerprint density at radius 1 is 1.18 bits per heavy atom. The fourth-order valence-electron chi connectivity index (χ4n) is 4.60. The van der Waals surface area contributed by atoms with E-state index >= 15 is 0 Å². The van der Waals surface area contributed by atoms with Gasteiger partial charge in [0.2, 0.25) is 0 Å². The maximum Gasteiger partial charge on any atom is 0.264 e. The molecule has 8 nitrogen and oxygen atoms in total. The summed E-state index contributed by atoms with van der Waals surface area (Å²) in [6, 6.07) is 9.64. The Kier molecular flexibility index (Phi) is 7.95. The van der Waals surface area contributed by atoms with Gasteiger partial charge >= 0.3 is 0 Å². The van der Waals surface area contributed by atoms with Gasteiger partial charge in [0, 0.05) is 55.1 Å². The quantitative estimate of drug-likeness (QED) is 0.216. The zero-order valence-electron chi connectivity index (χ0n) is 22.1. The number of rotatable bonds is 12. The molecule has 0 unspecified atom stereocenters. The zero-order chi connectivity index (χ0) is 26.6. The lowest BCUT2D eigenvalue weighted by Gasteiger charge is -2.21. The molecule has 4 aromatic rings. The molecule has 0 spiro atoms. The molecule has 0 saturated heterocycles. The van der Waals surface area contributed by atoms with Crippen molar-refractivity contribution >= 4 is 44.3 Å². The molecular weight excluding hydrogens is 500 g/mol. The minimum atomic E-state index is -0.0573. The van der Waals surface area contributed by atoms with Gasteiger partial charge in [-0.05, 0) is 50.5 Å². The number of methoxy groups -OCH3 is 1. The third-order valence-electron chi connectivity index (χ3n) is 6.80. The van der Waals surface area contributed by atoms with Crippen LogP contribution in [0.25, 0.3) is 21.1 Å². The average Bonchev–Trinajstić information content (AvgIpc) is 3.49. The van der Waals surface area contributed by atoms with Crippen LogP contribution in [0, 0.1) is 6.92 Å². The first-order valence-corrected chi connectivity index (χ1v) is 14.1. The molecule has 1 saturated carbocycles. The maximum absolute atomic E-state index is 13.4. The number of pyridine rings is 1.